The third kappa shape index (κ3) is 2.32. The minimum atomic E-state index is -0.889. The molecule has 0 aromatic heterocycles. The predicted molar refractivity (Wildman–Crippen MR) is 91.2 cm³/mol. The smallest absolute Gasteiger partial charge is 0.335 e. The number of halogens is 1. The van der Waals surface area contributed by atoms with Gasteiger partial charge in [0.15, 0.2) is 0 Å². The van der Waals surface area contributed by atoms with Gasteiger partial charge in [0.05, 0.1) is 11.6 Å². The number of nitrogens with one attached hydrogen (secondary N) is 1. The molecule has 23 heavy (non-hydrogen) atoms. The average Bonchev–Trinajstić information content (AvgIpc) is 3.04. The van der Waals surface area contributed by atoms with Gasteiger partial charge in [-0.2, -0.15) is 0 Å². The summed E-state index contributed by atoms with van der Waals surface area (Å²) in [5, 5.41) is 13.6. The normalized spacial score (nSPS) is 24.7. The Hall–Kier alpha value is -2.26. The molecule has 0 saturated heterocycles. The minimum Gasteiger partial charge on any atom is -0.478 e. The van der Waals surface area contributed by atoms with Gasteiger partial charge in [-0.1, -0.05) is 42.0 Å². The number of fused-ring (bicyclic) bond motifs is 3. The fourth-order valence-corrected chi connectivity index (χ4v) is 4.02. The molecule has 1 aliphatic carbocycles. The van der Waals surface area contributed by atoms with Crippen LogP contribution in [0.25, 0.3) is 0 Å². The van der Waals surface area contributed by atoms with Crippen LogP contribution in [0.5, 0.6) is 0 Å². The number of carboxylic acid groups (broad SMARTS) is 1. The van der Waals surface area contributed by atoms with Gasteiger partial charge < -0.3 is 10.4 Å². The fraction of sp³-hybridized carbons (Fsp3) is 0.211. The fourth-order valence-electron chi connectivity index (χ4n) is 3.76. The van der Waals surface area contributed by atoms with Gasteiger partial charge in [0.2, 0.25) is 0 Å². The molecule has 4 rings (SSSR count). The Labute approximate surface area is 139 Å². The van der Waals surface area contributed by atoms with E-state index < -0.39 is 5.97 Å². The summed E-state index contributed by atoms with van der Waals surface area (Å²) in [5.41, 5.74) is 3.49. The molecule has 1 aliphatic heterocycles. The van der Waals surface area contributed by atoms with E-state index in [1.165, 1.54) is 0 Å². The van der Waals surface area contributed by atoms with E-state index in [1.54, 1.807) is 12.1 Å². The highest BCUT2D eigenvalue weighted by atomic mass is 35.5. The summed E-state index contributed by atoms with van der Waals surface area (Å²) < 4.78 is 0. The number of rotatable bonds is 2. The molecule has 2 aliphatic rings. The monoisotopic (exact) mass is 325 g/mol. The van der Waals surface area contributed by atoms with E-state index in [0.29, 0.717) is 11.5 Å². The van der Waals surface area contributed by atoms with Crippen LogP contribution in [0.4, 0.5) is 5.69 Å². The Kier molecular flexibility index (Phi) is 3.38. The van der Waals surface area contributed by atoms with E-state index in [4.69, 9.17) is 11.6 Å². The number of hydrogen-bond acceptors (Lipinski definition) is 2. The quantitative estimate of drug-likeness (QED) is 0.775. The third-order valence-corrected chi connectivity index (χ3v) is 5.19. The van der Waals surface area contributed by atoms with E-state index >= 15 is 0 Å². The highest BCUT2D eigenvalue weighted by molar-refractivity contribution is 6.31. The van der Waals surface area contributed by atoms with Crippen molar-refractivity contribution >= 4 is 23.3 Å². The van der Waals surface area contributed by atoms with Gasteiger partial charge in [0.1, 0.15) is 0 Å². The first kappa shape index (κ1) is 14.3. The average molecular weight is 326 g/mol. The first-order chi connectivity index (χ1) is 11.1. The highest BCUT2D eigenvalue weighted by Crippen LogP contribution is 2.50. The number of benzene rings is 2. The van der Waals surface area contributed by atoms with Gasteiger partial charge in [0, 0.05) is 16.6 Å². The van der Waals surface area contributed by atoms with Crippen LogP contribution >= 0.6 is 11.6 Å². The molecule has 2 N–H and O–H groups in total. The number of carbonyl (C=O) groups is 1. The molecule has 0 bridgehead atoms. The number of allylic oxidation sites excluding steroid dienone is 2. The topological polar surface area (TPSA) is 49.3 Å². The molecule has 0 unspecified atom stereocenters. The zero-order valence-electron chi connectivity index (χ0n) is 12.4. The molecule has 0 amide bonds. The van der Waals surface area contributed by atoms with Crippen molar-refractivity contribution in [2.24, 2.45) is 5.92 Å². The molecule has 0 radical (unpaired) electrons. The SMILES string of the molecule is O=C(O)c1ccc2c(c1)[C@H]1C=CC[C@H]1[C@H](c1ccccc1Cl)N2. The molecular weight excluding hydrogens is 310 g/mol. The second kappa shape index (κ2) is 5.43. The number of anilines is 1. The number of carboxylic acids is 1. The van der Waals surface area contributed by atoms with Gasteiger partial charge in [-0.05, 0) is 47.7 Å². The van der Waals surface area contributed by atoms with E-state index in [1.807, 2.05) is 24.3 Å². The van der Waals surface area contributed by atoms with E-state index in [9.17, 15) is 9.90 Å². The molecule has 0 saturated carbocycles. The van der Waals surface area contributed by atoms with Gasteiger partial charge in [0.25, 0.3) is 0 Å². The Balaban J connectivity index is 1.81. The first-order valence-corrected chi connectivity index (χ1v) is 8.08. The lowest BCUT2D eigenvalue weighted by molar-refractivity contribution is 0.0696. The number of hydrogen-bond donors (Lipinski definition) is 2. The summed E-state index contributed by atoms with van der Waals surface area (Å²) >= 11 is 6.40. The largest absolute Gasteiger partial charge is 0.478 e. The van der Waals surface area contributed by atoms with Crippen molar-refractivity contribution in [1.82, 2.24) is 0 Å². The molecule has 4 heteroatoms. The zero-order chi connectivity index (χ0) is 16.0. The maximum atomic E-state index is 11.3. The molecule has 3 atom stereocenters. The minimum absolute atomic E-state index is 0.131. The van der Waals surface area contributed by atoms with Crippen LogP contribution in [0.3, 0.4) is 0 Å². The maximum absolute atomic E-state index is 11.3. The molecule has 2 aromatic rings. The molecular formula is C19H16ClNO2. The standard InChI is InChI=1S/C19H16ClNO2/c20-16-7-2-1-4-14(16)18-13-6-3-5-12(13)15-10-11(19(22)23)8-9-17(15)21-18/h1-5,7-10,12-13,18,21H,6H2,(H,22,23)/t12-,13+,18+/m0/s1. The molecule has 3 nitrogen and oxygen atoms in total. The van der Waals surface area contributed by atoms with Crippen LogP contribution in [0, 0.1) is 5.92 Å². The van der Waals surface area contributed by atoms with Crippen LogP contribution in [0.2, 0.25) is 5.02 Å². The van der Waals surface area contributed by atoms with Crippen molar-refractivity contribution in [3.05, 3.63) is 76.3 Å². The third-order valence-electron chi connectivity index (χ3n) is 4.85. The molecule has 0 fully saturated rings. The molecule has 2 aromatic carbocycles. The second-order valence-electron chi connectivity index (χ2n) is 6.10. The molecule has 0 spiro atoms. The van der Waals surface area contributed by atoms with Crippen LogP contribution in [-0.2, 0) is 0 Å². The Morgan fingerprint density at radius 1 is 1.17 bits per heavy atom. The van der Waals surface area contributed by atoms with E-state index in [0.717, 1.165) is 28.3 Å². The van der Waals surface area contributed by atoms with E-state index in [-0.39, 0.29) is 12.0 Å². The van der Waals surface area contributed by atoms with Crippen molar-refractivity contribution < 1.29 is 9.90 Å². The summed E-state index contributed by atoms with van der Waals surface area (Å²) in [4.78, 5) is 11.3. The van der Waals surface area contributed by atoms with Crippen LogP contribution in [0.15, 0.2) is 54.6 Å². The van der Waals surface area contributed by atoms with E-state index in [2.05, 4.69) is 23.5 Å². The summed E-state index contributed by atoms with van der Waals surface area (Å²) in [6.07, 6.45) is 5.34. The maximum Gasteiger partial charge on any atom is 0.335 e. The van der Waals surface area contributed by atoms with Crippen molar-refractivity contribution in [2.75, 3.05) is 5.32 Å². The van der Waals surface area contributed by atoms with Crippen LogP contribution in [-0.4, -0.2) is 11.1 Å². The Bertz CT molecular complexity index is 815. The van der Waals surface area contributed by atoms with Crippen molar-refractivity contribution in [3.8, 4) is 0 Å². The predicted octanol–water partition coefficient (Wildman–Crippen LogP) is 4.86. The highest BCUT2D eigenvalue weighted by Gasteiger charge is 2.38. The summed E-state index contributed by atoms with van der Waals surface area (Å²) in [7, 11) is 0. The van der Waals surface area contributed by atoms with Gasteiger partial charge in [-0.15, -0.1) is 0 Å². The Morgan fingerprint density at radius 2 is 2.00 bits per heavy atom. The van der Waals surface area contributed by atoms with Gasteiger partial charge >= 0.3 is 5.97 Å². The summed E-state index contributed by atoms with van der Waals surface area (Å²) in [6.45, 7) is 0. The van der Waals surface area contributed by atoms with Gasteiger partial charge in [-0.25, -0.2) is 4.79 Å². The van der Waals surface area contributed by atoms with Crippen molar-refractivity contribution in [3.63, 3.8) is 0 Å². The van der Waals surface area contributed by atoms with Crippen molar-refractivity contribution in [2.45, 2.75) is 18.4 Å². The lowest BCUT2D eigenvalue weighted by Gasteiger charge is -2.38. The first-order valence-electron chi connectivity index (χ1n) is 7.70. The summed E-state index contributed by atoms with van der Waals surface area (Å²) in [5.74, 6) is -0.308. The lowest BCUT2D eigenvalue weighted by Crippen LogP contribution is -2.29. The molecule has 116 valence electrons. The Morgan fingerprint density at radius 3 is 2.78 bits per heavy atom. The summed E-state index contributed by atoms with van der Waals surface area (Å²) in [6, 6.07) is 13.4. The molecule has 1 heterocycles. The zero-order valence-corrected chi connectivity index (χ0v) is 13.1. The lowest BCUT2D eigenvalue weighted by atomic mass is 9.76. The second-order valence-corrected chi connectivity index (χ2v) is 6.51. The van der Waals surface area contributed by atoms with Crippen molar-refractivity contribution in [1.29, 1.82) is 0 Å². The van der Waals surface area contributed by atoms with Crippen LogP contribution < -0.4 is 5.32 Å². The van der Waals surface area contributed by atoms with Gasteiger partial charge in [-0.3, -0.25) is 0 Å². The number of aromatic carboxylic acids is 1. The van der Waals surface area contributed by atoms with Crippen LogP contribution in [0.1, 0.15) is 39.9 Å².